The van der Waals surface area contributed by atoms with Gasteiger partial charge in [0, 0.05) is 12.3 Å². The molecule has 18 heavy (non-hydrogen) atoms. The number of nitrogens with zero attached hydrogens (tertiary/aromatic N) is 1. The molecule has 0 fully saturated rings. The van der Waals surface area contributed by atoms with Gasteiger partial charge in [-0.25, -0.2) is 4.79 Å². The van der Waals surface area contributed by atoms with Crippen molar-refractivity contribution in [1.82, 2.24) is 4.37 Å². The number of nitrogens with two attached hydrogens (primary N) is 1. The molecule has 0 spiro atoms. The van der Waals surface area contributed by atoms with E-state index in [1.807, 2.05) is 6.26 Å². The average molecular weight is 291 g/mol. The van der Waals surface area contributed by atoms with Gasteiger partial charge in [-0.3, -0.25) is 0 Å². The molecule has 0 aliphatic rings. The van der Waals surface area contributed by atoms with Crippen LogP contribution in [0.2, 0.25) is 0 Å². The van der Waals surface area contributed by atoms with E-state index in [-0.39, 0.29) is 11.4 Å². The van der Waals surface area contributed by atoms with Crippen LogP contribution < -0.4 is 11.1 Å². The Morgan fingerprint density at radius 3 is 2.94 bits per heavy atom. The first kappa shape index (κ1) is 15.1. The zero-order valence-corrected chi connectivity index (χ0v) is 12.2. The molecule has 1 unspecified atom stereocenters. The standard InChI is InChI=1S/C10H17N3O3S2/c1-10(15,5-17-3)4-12-8-6(9(14)16-2)7(11)13-18-8/h12,15H,4-5H2,1-3H3,(H2,11,13). The number of ether oxygens (including phenoxy) is 1. The van der Waals surface area contributed by atoms with Gasteiger partial charge in [0.1, 0.15) is 10.6 Å². The van der Waals surface area contributed by atoms with Crippen LogP contribution in [0, 0.1) is 0 Å². The van der Waals surface area contributed by atoms with Crippen molar-refractivity contribution in [3.63, 3.8) is 0 Å². The Balaban J connectivity index is 2.77. The number of carbonyl (C=O) groups is 1. The maximum Gasteiger partial charge on any atom is 0.344 e. The highest BCUT2D eigenvalue weighted by atomic mass is 32.2. The van der Waals surface area contributed by atoms with Crippen molar-refractivity contribution in [2.75, 3.05) is 36.7 Å². The molecular formula is C10H17N3O3S2. The number of esters is 1. The van der Waals surface area contributed by atoms with Crippen LogP contribution >= 0.6 is 23.3 Å². The largest absolute Gasteiger partial charge is 0.465 e. The van der Waals surface area contributed by atoms with E-state index in [0.29, 0.717) is 17.3 Å². The van der Waals surface area contributed by atoms with Gasteiger partial charge in [-0.15, -0.1) is 0 Å². The zero-order chi connectivity index (χ0) is 13.8. The van der Waals surface area contributed by atoms with Crippen LogP contribution in [0.1, 0.15) is 17.3 Å². The van der Waals surface area contributed by atoms with Gasteiger partial charge < -0.3 is 20.9 Å². The predicted octanol–water partition coefficient (Wildman–Crippen LogP) is 1.04. The first-order chi connectivity index (χ1) is 8.41. The fourth-order valence-corrected chi connectivity index (χ4v) is 2.78. The van der Waals surface area contributed by atoms with Gasteiger partial charge in [0.2, 0.25) is 0 Å². The van der Waals surface area contributed by atoms with Crippen LogP contribution in [-0.4, -0.2) is 46.7 Å². The Morgan fingerprint density at radius 2 is 2.39 bits per heavy atom. The van der Waals surface area contributed by atoms with E-state index in [4.69, 9.17) is 5.73 Å². The molecule has 0 saturated carbocycles. The van der Waals surface area contributed by atoms with E-state index < -0.39 is 11.6 Å². The fourth-order valence-electron chi connectivity index (χ4n) is 1.36. The minimum absolute atomic E-state index is 0.138. The van der Waals surface area contributed by atoms with Crippen molar-refractivity contribution in [1.29, 1.82) is 0 Å². The molecule has 1 aromatic heterocycles. The molecule has 0 amide bonds. The molecule has 0 bridgehead atoms. The topological polar surface area (TPSA) is 97.5 Å². The third-order valence-electron chi connectivity index (χ3n) is 2.19. The highest BCUT2D eigenvalue weighted by molar-refractivity contribution is 7.98. The third-order valence-corrected chi connectivity index (χ3v) is 3.92. The molecule has 102 valence electrons. The summed E-state index contributed by atoms with van der Waals surface area (Å²) in [6.07, 6.45) is 1.92. The molecule has 0 aliphatic carbocycles. The summed E-state index contributed by atoms with van der Waals surface area (Å²) in [6, 6.07) is 0. The summed E-state index contributed by atoms with van der Waals surface area (Å²) in [5.74, 6) is 0.189. The first-order valence-electron chi connectivity index (χ1n) is 5.20. The van der Waals surface area contributed by atoms with E-state index in [1.54, 1.807) is 18.7 Å². The predicted molar refractivity (Wildman–Crippen MR) is 75.4 cm³/mol. The van der Waals surface area contributed by atoms with Crippen molar-refractivity contribution >= 4 is 40.1 Å². The monoisotopic (exact) mass is 291 g/mol. The van der Waals surface area contributed by atoms with Gasteiger partial charge in [-0.2, -0.15) is 16.1 Å². The lowest BCUT2D eigenvalue weighted by Crippen LogP contribution is -2.36. The minimum Gasteiger partial charge on any atom is -0.465 e. The molecule has 1 rings (SSSR count). The maximum absolute atomic E-state index is 11.5. The number of thioether (sulfide) groups is 1. The molecule has 8 heteroatoms. The van der Waals surface area contributed by atoms with Gasteiger partial charge in [0.05, 0.1) is 12.7 Å². The number of aromatic nitrogens is 1. The molecule has 1 aromatic rings. The molecule has 0 aromatic carbocycles. The molecule has 0 aliphatic heterocycles. The normalized spacial score (nSPS) is 14.0. The smallest absolute Gasteiger partial charge is 0.344 e. The van der Waals surface area contributed by atoms with Gasteiger partial charge in [-0.05, 0) is 24.7 Å². The summed E-state index contributed by atoms with van der Waals surface area (Å²) in [7, 11) is 1.28. The van der Waals surface area contributed by atoms with Crippen LogP contribution in [0.3, 0.4) is 0 Å². The molecule has 4 N–H and O–H groups in total. The lowest BCUT2D eigenvalue weighted by atomic mass is 10.1. The summed E-state index contributed by atoms with van der Waals surface area (Å²) in [5, 5.41) is 13.5. The second-order valence-corrected chi connectivity index (χ2v) is 5.69. The number of nitrogens with one attached hydrogen (secondary N) is 1. The summed E-state index contributed by atoms with van der Waals surface area (Å²) < 4.78 is 8.54. The molecule has 1 atom stereocenters. The summed E-state index contributed by atoms with van der Waals surface area (Å²) in [5.41, 5.74) is 4.96. The Bertz CT molecular complexity index is 421. The highest BCUT2D eigenvalue weighted by Gasteiger charge is 2.24. The Labute approximate surface area is 114 Å². The van der Waals surface area contributed by atoms with Gasteiger partial charge in [-0.1, -0.05) is 0 Å². The molecule has 0 radical (unpaired) electrons. The number of rotatable bonds is 6. The number of methoxy groups -OCH3 is 1. The van der Waals surface area contributed by atoms with Gasteiger partial charge in [0.15, 0.2) is 5.82 Å². The number of hydrogen-bond donors (Lipinski definition) is 3. The van der Waals surface area contributed by atoms with E-state index in [0.717, 1.165) is 11.5 Å². The van der Waals surface area contributed by atoms with E-state index in [2.05, 4.69) is 14.4 Å². The summed E-state index contributed by atoms with van der Waals surface area (Å²) in [4.78, 5) is 11.5. The third kappa shape index (κ3) is 3.76. The van der Waals surface area contributed by atoms with Crippen LogP contribution in [0.4, 0.5) is 10.8 Å². The number of carbonyl (C=O) groups excluding carboxylic acids is 1. The second kappa shape index (κ2) is 6.26. The van der Waals surface area contributed by atoms with Crippen molar-refractivity contribution in [2.24, 2.45) is 0 Å². The number of hydrogen-bond acceptors (Lipinski definition) is 8. The van der Waals surface area contributed by atoms with Crippen LogP contribution in [0.15, 0.2) is 0 Å². The van der Waals surface area contributed by atoms with Crippen LogP contribution in [-0.2, 0) is 4.74 Å². The van der Waals surface area contributed by atoms with Gasteiger partial charge in [0.25, 0.3) is 0 Å². The highest BCUT2D eigenvalue weighted by Crippen LogP contribution is 2.28. The summed E-state index contributed by atoms with van der Waals surface area (Å²) in [6.45, 7) is 2.03. The number of anilines is 2. The van der Waals surface area contributed by atoms with Crippen molar-refractivity contribution in [3.8, 4) is 0 Å². The lowest BCUT2D eigenvalue weighted by molar-refractivity contribution is 0.0602. The van der Waals surface area contributed by atoms with E-state index >= 15 is 0 Å². The van der Waals surface area contributed by atoms with Crippen LogP contribution in [0.25, 0.3) is 0 Å². The second-order valence-electron chi connectivity index (χ2n) is 4.05. The van der Waals surface area contributed by atoms with E-state index in [1.165, 1.54) is 7.11 Å². The van der Waals surface area contributed by atoms with Gasteiger partial charge >= 0.3 is 5.97 Å². The SMILES string of the molecule is COC(=O)c1c(N)nsc1NCC(C)(O)CSC. The zero-order valence-electron chi connectivity index (χ0n) is 10.5. The van der Waals surface area contributed by atoms with Crippen molar-refractivity contribution < 1.29 is 14.6 Å². The lowest BCUT2D eigenvalue weighted by Gasteiger charge is -2.22. The van der Waals surface area contributed by atoms with Crippen molar-refractivity contribution in [2.45, 2.75) is 12.5 Å². The molecule has 0 saturated heterocycles. The Morgan fingerprint density at radius 1 is 1.72 bits per heavy atom. The maximum atomic E-state index is 11.5. The molecular weight excluding hydrogens is 274 g/mol. The Kier molecular flexibility index (Phi) is 5.24. The average Bonchev–Trinajstić information content (AvgIpc) is 2.67. The number of nitrogen functional groups attached to an aromatic ring is 1. The first-order valence-corrected chi connectivity index (χ1v) is 7.36. The molecule has 1 heterocycles. The molecule has 6 nitrogen and oxygen atoms in total. The fraction of sp³-hybridized carbons (Fsp3) is 0.600. The Hall–Kier alpha value is -0.990. The van der Waals surface area contributed by atoms with E-state index in [9.17, 15) is 9.90 Å². The van der Waals surface area contributed by atoms with Crippen LogP contribution in [0.5, 0.6) is 0 Å². The summed E-state index contributed by atoms with van der Waals surface area (Å²) >= 11 is 2.62. The quantitative estimate of drug-likeness (QED) is 0.674. The number of aliphatic hydroxyl groups is 1. The van der Waals surface area contributed by atoms with Crippen molar-refractivity contribution in [3.05, 3.63) is 5.56 Å². The minimum atomic E-state index is -0.869.